The fourth-order valence-corrected chi connectivity index (χ4v) is 1.58. The summed E-state index contributed by atoms with van der Waals surface area (Å²) in [6.45, 7) is 2.11. The minimum Gasteiger partial charge on any atom is -0.253 e. The number of halogens is 1. The van der Waals surface area contributed by atoms with Crippen LogP contribution in [0, 0.1) is 0 Å². The Labute approximate surface area is 94.7 Å². The van der Waals surface area contributed by atoms with Gasteiger partial charge in [0, 0.05) is 16.3 Å². The van der Waals surface area contributed by atoms with Gasteiger partial charge in [0.15, 0.2) is 0 Å². The second kappa shape index (κ2) is 4.45. The minimum absolute atomic E-state index is 0.755. The molecular weight excluding hydrogens is 206 g/mol. The summed E-state index contributed by atoms with van der Waals surface area (Å²) in [5, 5.41) is 0.755. The van der Waals surface area contributed by atoms with Gasteiger partial charge in [-0.25, -0.2) is 0 Å². The second-order valence-corrected chi connectivity index (χ2v) is 3.81. The van der Waals surface area contributed by atoms with Gasteiger partial charge < -0.3 is 0 Å². The van der Waals surface area contributed by atoms with Crippen molar-refractivity contribution in [2.24, 2.45) is 0 Å². The average Bonchev–Trinajstić information content (AvgIpc) is 2.30. The fourth-order valence-electron chi connectivity index (χ4n) is 1.46. The molecule has 0 fully saturated rings. The maximum absolute atomic E-state index is 5.84. The van der Waals surface area contributed by atoms with Crippen molar-refractivity contribution in [3.63, 3.8) is 0 Å². The molecule has 0 radical (unpaired) electrons. The van der Waals surface area contributed by atoms with Gasteiger partial charge in [-0.05, 0) is 30.7 Å². The Morgan fingerprint density at radius 1 is 1.07 bits per heavy atom. The Kier molecular flexibility index (Phi) is 3.02. The van der Waals surface area contributed by atoms with Gasteiger partial charge in [0.2, 0.25) is 0 Å². The second-order valence-electron chi connectivity index (χ2n) is 3.37. The Hall–Kier alpha value is -1.34. The Bertz CT molecular complexity index is 448. The van der Waals surface area contributed by atoms with E-state index in [4.69, 9.17) is 11.6 Å². The van der Waals surface area contributed by atoms with Crippen LogP contribution in [0.3, 0.4) is 0 Å². The average molecular weight is 218 g/mol. The van der Waals surface area contributed by atoms with Crippen molar-refractivity contribution in [3.05, 3.63) is 53.2 Å². The lowest BCUT2D eigenvalue weighted by Crippen LogP contribution is -1.89. The molecule has 0 bridgehead atoms. The first-order chi connectivity index (χ1) is 7.29. The molecule has 2 rings (SSSR count). The molecule has 1 nitrogen and oxygen atoms in total. The molecule has 0 aliphatic heterocycles. The number of aryl methyl sites for hydroxylation is 1. The summed E-state index contributed by atoms with van der Waals surface area (Å²) in [5.74, 6) is 0. The quantitative estimate of drug-likeness (QED) is 0.742. The van der Waals surface area contributed by atoms with Crippen LogP contribution >= 0.6 is 11.6 Å². The zero-order chi connectivity index (χ0) is 10.7. The van der Waals surface area contributed by atoms with Crippen LogP contribution in [0.25, 0.3) is 11.3 Å². The third-order valence-electron chi connectivity index (χ3n) is 2.31. The molecule has 0 N–H and O–H groups in total. The smallest absolute Gasteiger partial charge is 0.0705 e. The van der Waals surface area contributed by atoms with Crippen molar-refractivity contribution in [1.82, 2.24) is 4.98 Å². The summed E-state index contributed by atoms with van der Waals surface area (Å²) in [6.07, 6.45) is 0.960. The van der Waals surface area contributed by atoms with Crippen molar-refractivity contribution in [3.8, 4) is 11.3 Å². The van der Waals surface area contributed by atoms with Gasteiger partial charge in [-0.15, -0.1) is 0 Å². The van der Waals surface area contributed by atoms with Crippen molar-refractivity contribution in [1.29, 1.82) is 0 Å². The summed E-state index contributed by atoms with van der Waals surface area (Å²) in [7, 11) is 0. The third kappa shape index (κ3) is 2.37. The highest BCUT2D eigenvalue weighted by atomic mass is 35.5. The lowest BCUT2D eigenvalue weighted by molar-refractivity contribution is 1.04. The first-order valence-corrected chi connectivity index (χ1v) is 5.39. The number of hydrogen-bond acceptors (Lipinski definition) is 1. The standard InChI is InChI=1S/C13H12ClN/c1-2-12-4-3-5-13(15-12)10-6-8-11(14)9-7-10/h3-9H,2H2,1H3. The van der Waals surface area contributed by atoms with Crippen LogP contribution < -0.4 is 0 Å². The molecule has 15 heavy (non-hydrogen) atoms. The molecule has 0 saturated heterocycles. The van der Waals surface area contributed by atoms with E-state index in [9.17, 15) is 0 Å². The largest absolute Gasteiger partial charge is 0.253 e. The van der Waals surface area contributed by atoms with Crippen LogP contribution in [0.15, 0.2) is 42.5 Å². The number of aromatic nitrogens is 1. The van der Waals surface area contributed by atoms with Crippen molar-refractivity contribution in [2.75, 3.05) is 0 Å². The molecule has 1 heterocycles. The normalized spacial score (nSPS) is 10.3. The summed E-state index contributed by atoms with van der Waals surface area (Å²) in [6, 6.07) is 13.8. The molecule has 0 saturated carbocycles. The number of hydrogen-bond donors (Lipinski definition) is 0. The minimum atomic E-state index is 0.755. The lowest BCUT2D eigenvalue weighted by Gasteiger charge is -2.02. The number of nitrogens with zero attached hydrogens (tertiary/aromatic N) is 1. The molecule has 1 aromatic carbocycles. The predicted octanol–water partition coefficient (Wildman–Crippen LogP) is 3.96. The zero-order valence-electron chi connectivity index (χ0n) is 8.57. The van der Waals surface area contributed by atoms with Crippen LogP contribution in [0.4, 0.5) is 0 Å². The molecule has 2 aromatic rings. The van der Waals surface area contributed by atoms with E-state index in [1.807, 2.05) is 42.5 Å². The predicted molar refractivity (Wildman–Crippen MR) is 64.1 cm³/mol. The highest BCUT2D eigenvalue weighted by Crippen LogP contribution is 2.19. The topological polar surface area (TPSA) is 12.9 Å². The lowest BCUT2D eigenvalue weighted by atomic mass is 10.1. The molecule has 76 valence electrons. The molecule has 0 aliphatic carbocycles. The maximum atomic E-state index is 5.84. The van der Waals surface area contributed by atoms with Crippen LogP contribution in [0.1, 0.15) is 12.6 Å². The number of rotatable bonds is 2. The molecule has 0 unspecified atom stereocenters. The van der Waals surface area contributed by atoms with Crippen LogP contribution in [-0.4, -0.2) is 4.98 Å². The Morgan fingerprint density at radius 3 is 2.47 bits per heavy atom. The summed E-state index contributed by atoms with van der Waals surface area (Å²) < 4.78 is 0. The first-order valence-electron chi connectivity index (χ1n) is 5.01. The van der Waals surface area contributed by atoms with Gasteiger partial charge in [-0.2, -0.15) is 0 Å². The summed E-state index contributed by atoms with van der Waals surface area (Å²) >= 11 is 5.84. The SMILES string of the molecule is CCc1cccc(-c2ccc(Cl)cc2)n1. The molecule has 0 atom stereocenters. The molecule has 1 aromatic heterocycles. The molecule has 0 amide bonds. The van der Waals surface area contributed by atoms with Gasteiger partial charge in [0.1, 0.15) is 0 Å². The molecule has 2 heteroatoms. The van der Waals surface area contributed by atoms with Gasteiger partial charge in [-0.3, -0.25) is 4.98 Å². The van der Waals surface area contributed by atoms with Crippen molar-refractivity contribution in [2.45, 2.75) is 13.3 Å². The van der Waals surface area contributed by atoms with Crippen molar-refractivity contribution < 1.29 is 0 Å². The molecular formula is C13H12ClN. The van der Waals surface area contributed by atoms with E-state index in [0.717, 1.165) is 28.4 Å². The van der Waals surface area contributed by atoms with E-state index in [-0.39, 0.29) is 0 Å². The fraction of sp³-hybridized carbons (Fsp3) is 0.154. The highest BCUT2D eigenvalue weighted by Gasteiger charge is 1.99. The van der Waals surface area contributed by atoms with Gasteiger partial charge in [-0.1, -0.05) is 36.7 Å². The van der Waals surface area contributed by atoms with Gasteiger partial charge in [0.25, 0.3) is 0 Å². The molecule has 0 spiro atoms. The third-order valence-corrected chi connectivity index (χ3v) is 2.56. The van der Waals surface area contributed by atoms with E-state index in [1.54, 1.807) is 0 Å². The van der Waals surface area contributed by atoms with E-state index in [2.05, 4.69) is 11.9 Å². The molecule has 0 aliphatic rings. The Morgan fingerprint density at radius 2 is 1.80 bits per heavy atom. The highest BCUT2D eigenvalue weighted by molar-refractivity contribution is 6.30. The van der Waals surface area contributed by atoms with Crippen LogP contribution in [0.5, 0.6) is 0 Å². The van der Waals surface area contributed by atoms with Crippen molar-refractivity contribution >= 4 is 11.6 Å². The number of benzene rings is 1. The maximum Gasteiger partial charge on any atom is 0.0705 e. The van der Waals surface area contributed by atoms with E-state index >= 15 is 0 Å². The van der Waals surface area contributed by atoms with Crippen LogP contribution in [-0.2, 0) is 6.42 Å². The number of pyridine rings is 1. The van der Waals surface area contributed by atoms with E-state index < -0.39 is 0 Å². The monoisotopic (exact) mass is 217 g/mol. The first kappa shape index (κ1) is 10.2. The van der Waals surface area contributed by atoms with E-state index in [0.29, 0.717) is 0 Å². The van der Waals surface area contributed by atoms with E-state index in [1.165, 1.54) is 0 Å². The van der Waals surface area contributed by atoms with Crippen LogP contribution in [0.2, 0.25) is 5.02 Å². The summed E-state index contributed by atoms with van der Waals surface area (Å²) in [5.41, 5.74) is 3.23. The van der Waals surface area contributed by atoms with Gasteiger partial charge >= 0.3 is 0 Å². The Balaban J connectivity index is 2.40. The van der Waals surface area contributed by atoms with Gasteiger partial charge in [0.05, 0.1) is 5.69 Å². The zero-order valence-corrected chi connectivity index (χ0v) is 9.33. The summed E-state index contributed by atoms with van der Waals surface area (Å²) in [4.78, 5) is 4.55.